The van der Waals surface area contributed by atoms with E-state index in [1.165, 1.54) is 0 Å². The SMILES string of the molecule is CC(C)(C)OC(=O)N1CCC(c2c(C(=O)Nc3ccc4c(c3)CCCO4)cnn2-c2ccccc2)CC1. The molecule has 3 heterocycles. The second-order valence-electron chi connectivity index (χ2n) is 10.7. The van der Waals surface area contributed by atoms with Crippen LogP contribution in [-0.2, 0) is 11.2 Å². The molecule has 2 aliphatic heterocycles. The fourth-order valence-electron chi connectivity index (χ4n) is 5.00. The number of carbonyl (C=O) groups is 2. The van der Waals surface area contributed by atoms with Gasteiger partial charge in [0.1, 0.15) is 11.4 Å². The van der Waals surface area contributed by atoms with Crippen LogP contribution in [-0.4, -0.2) is 52.0 Å². The Morgan fingerprint density at radius 2 is 1.84 bits per heavy atom. The van der Waals surface area contributed by atoms with Crippen molar-refractivity contribution in [2.24, 2.45) is 0 Å². The Labute approximate surface area is 217 Å². The number of nitrogens with one attached hydrogen (secondary N) is 1. The molecule has 0 unspecified atom stereocenters. The molecule has 194 valence electrons. The molecule has 0 bridgehead atoms. The zero-order valence-electron chi connectivity index (χ0n) is 21.7. The molecule has 1 N–H and O–H groups in total. The Hall–Kier alpha value is -3.81. The van der Waals surface area contributed by atoms with E-state index in [0.717, 1.165) is 47.8 Å². The van der Waals surface area contributed by atoms with Crippen molar-refractivity contribution in [1.29, 1.82) is 0 Å². The van der Waals surface area contributed by atoms with Crippen molar-refractivity contribution < 1.29 is 19.1 Å². The maximum absolute atomic E-state index is 13.5. The smallest absolute Gasteiger partial charge is 0.410 e. The first kappa shape index (κ1) is 24.9. The Kier molecular flexibility index (Phi) is 6.91. The molecule has 2 aromatic carbocycles. The third kappa shape index (κ3) is 5.63. The first-order valence-electron chi connectivity index (χ1n) is 13.0. The van der Waals surface area contributed by atoms with E-state index >= 15 is 0 Å². The molecule has 5 rings (SSSR count). The van der Waals surface area contributed by atoms with Crippen LogP contribution >= 0.6 is 0 Å². The summed E-state index contributed by atoms with van der Waals surface area (Å²) in [5.74, 6) is 0.765. The van der Waals surface area contributed by atoms with Crippen molar-refractivity contribution in [2.75, 3.05) is 25.0 Å². The zero-order chi connectivity index (χ0) is 26.0. The summed E-state index contributed by atoms with van der Waals surface area (Å²) >= 11 is 0. The van der Waals surface area contributed by atoms with Crippen LogP contribution in [0.4, 0.5) is 10.5 Å². The number of carbonyl (C=O) groups excluding carboxylic acids is 2. The number of likely N-dealkylation sites (tertiary alicyclic amines) is 1. The van der Waals surface area contributed by atoms with Crippen molar-refractivity contribution in [3.05, 3.63) is 71.5 Å². The number of aromatic nitrogens is 2. The van der Waals surface area contributed by atoms with Gasteiger partial charge in [0, 0.05) is 24.7 Å². The Morgan fingerprint density at radius 1 is 1.08 bits per heavy atom. The molecule has 1 aromatic heterocycles. The molecule has 0 aliphatic carbocycles. The third-order valence-corrected chi connectivity index (χ3v) is 6.75. The molecular formula is C29H34N4O4. The molecule has 2 aliphatic rings. The average molecular weight is 503 g/mol. The number of piperidine rings is 1. The number of para-hydroxylation sites is 1. The molecule has 37 heavy (non-hydrogen) atoms. The van der Waals surface area contributed by atoms with E-state index in [4.69, 9.17) is 9.47 Å². The summed E-state index contributed by atoms with van der Waals surface area (Å²) in [6.45, 7) is 7.47. The fourth-order valence-corrected chi connectivity index (χ4v) is 5.00. The summed E-state index contributed by atoms with van der Waals surface area (Å²) < 4.78 is 13.1. The molecule has 3 aromatic rings. The molecule has 1 fully saturated rings. The van der Waals surface area contributed by atoms with Crippen molar-refractivity contribution >= 4 is 17.7 Å². The number of hydrogen-bond donors (Lipinski definition) is 1. The first-order chi connectivity index (χ1) is 17.8. The predicted molar refractivity (Wildman–Crippen MR) is 142 cm³/mol. The van der Waals surface area contributed by atoms with Crippen molar-refractivity contribution in [3.8, 4) is 11.4 Å². The number of fused-ring (bicyclic) bond motifs is 1. The van der Waals surface area contributed by atoms with E-state index in [0.29, 0.717) is 31.5 Å². The van der Waals surface area contributed by atoms with Crippen molar-refractivity contribution in [3.63, 3.8) is 0 Å². The van der Waals surface area contributed by atoms with E-state index in [9.17, 15) is 9.59 Å². The average Bonchev–Trinajstić information content (AvgIpc) is 3.34. The van der Waals surface area contributed by atoms with Crippen LogP contribution in [0.1, 0.15) is 67.6 Å². The van der Waals surface area contributed by atoms with Gasteiger partial charge in [-0.15, -0.1) is 0 Å². The van der Waals surface area contributed by atoms with Crippen LogP contribution in [0.2, 0.25) is 0 Å². The second kappa shape index (κ2) is 10.3. The number of hydrogen-bond acceptors (Lipinski definition) is 5. The highest BCUT2D eigenvalue weighted by molar-refractivity contribution is 6.05. The first-order valence-corrected chi connectivity index (χ1v) is 13.0. The Bertz CT molecular complexity index is 1270. The standard InChI is InChI=1S/C29H34N4O4/c1-29(2,3)37-28(35)32-15-13-20(14-16-32)26-24(19-30-33(26)23-9-5-4-6-10-23)27(34)31-22-11-12-25-21(18-22)8-7-17-36-25/h4-6,9-12,18-20H,7-8,13-17H2,1-3H3,(H,31,34). The third-order valence-electron chi connectivity index (χ3n) is 6.75. The lowest BCUT2D eigenvalue weighted by atomic mass is 9.90. The maximum Gasteiger partial charge on any atom is 0.410 e. The van der Waals surface area contributed by atoms with Crippen LogP contribution in [0.25, 0.3) is 5.69 Å². The largest absolute Gasteiger partial charge is 0.493 e. The minimum atomic E-state index is -0.534. The molecule has 0 atom stereocenters. The van der Waals surface area contributed by atoms with Gasteiger partial charge < -0.3 is 19.7 Å². The van der Waals surface area contributed by atoms with Gasteiger partial charge in [-0.2, -0.15) is 5.10 Å². The normalized spacial score (nSPS) is 16.0. The van der Waals surface area contributed by atoms with E-state index in [1.807, 2.05) is 74.0 Å². The van der Waals surface area contributed by atoms with Crippen LogP contribution in [0.3, 0.4) is 0 Å². The number of ether oxygens (including phenoxy) is 2. The Balaban J connectivity index is 1.39. The molecule has 8 heteroatoms. The summed E-state index contributed by atoms with van der Waals surface area (Å²) in [6.07, 6.45) is 4.70. The minimum Gasteiger partial charge on any atom is -0.493 e. The van der Waals surface area contributed by atoms with E-state index in [1.54, 1.807) is 11.1 Å². The molecular weight excluding hydrogens is 468 g/mol. The maximum atomic E-state index is 13.5. The van der Waals surface area contributed by atoms with E-state index in [-0.39, 0.29) is 17.9 Å². The number of anilines is 1. The number of benzene rings is 2. The predicted octanol–water partition coefficient (Wildman–Crippen LogP) is 5.56. The zero-order valence-corrected chi connectivity index (χ0v) is 21.7. The molecule has 1 saturated heterocycles. The van der Waals surface area contributed by atoms with Crippen molar-refractivity contribution in [2.45, 2.75) is 58.0 Å². The van der Waals surface area contributed by atoms with Gasteiger partial charge in [0.25, 0.3) is 5.91 Å². The van der Waals surface area contributed by atoms with Gasteiger partial charge in [-0.05, 0) is 82.3 Å². The number of rotatable bonds is 4. The highest BCUT2D eigenvalue weighted by atomic mass is 16.6. The summed E-state index contributed by atoms with van der Waals surface area (Å²) in [7, 11) is 0. The van der Waals surface area contributed by atoms with Crippen LogP contribution in [0.5, 0.6) is 5.75 Å². The van der Waals surface area contributed by atoms with Crippen LogP contribution < -0.4 is 10.1 Å². The Morgan fingerprint density at radius 3 is 2.57 bits per heavy atom. The van der Waals surface area contributed by atoms with Gasteiger partial charge in [-0.3, -0.25) is 4.79 Å². The van der Waals surface area contributed by atoms with Crippen LogP contribution in [0.15, 0.2) is 54.7 Å². The lowest BCUT2D eigenvalue weighted by molar-refractivity contribution is 0.0203. The minimum absolute atomic E-state index is 0.0686. The molecule has 2 amide bonds. The summed E-state index contributed by atoms with van der Waals surface area (Å²) in [5, 5.41) is 7.70. The van der Waals surface area contributed by atoms with E-state index < -0.39 is 5.60 Å². The number of aryl methyl sites for hydroxylation is 1. The van der Waals surface area contributed by atoms with Gasteiger partial charge in [0.2, 0.25) is 0 Å². The monoisotopic (exact) mass is 502 g/mol. The van der Waals surface area contributed by atoms with Gasteiger partial charge in [0.15, 0.2) is 0 Å². The molecule has 0 spiro atoms. The summed E-state index contributed by atoms with van der Waals surface area (Å²) in [5.41, 5.74) is 3.64. The molecule has 0 radical (unpaired) electrons. The van der Waals surface area contributed by atoms with Crippen LogP contribution in [0, 0.1) is 0 Å². The number of amides is 2. The van der Waals surface area contributed by atoms with Gasteiger partial charge in [-0.1, -0.05) is 18.2 Å². The van der Waals surface area contributed by atoms with Gasteiger partial charge >= 0.3 is 6.09 Å². The quantitative estimate of drug-likeness (QED) is 0.505. The fraction of sp³-hybridized carbons (Fsp3) is 0.414. The highest BCUT2D eigenvalue weighted by Crippen LogP contribution is 2.34. The van der Waals surface area contributed by atoms with Crippen molar-refractivity contribution in [1.82, 2.24) is 14.7 Å². The highest BCUT2D eigenvalue weighted by Gasteiger charge is 2.32. The molecule has 0 saturated carbocycles. The van der Waals surface area contributed by atoms with Gasteiger partial charge in [0.05, 0.1) is 29.7 Å². The summed E-state index contributed by atoms with van der Waals surface area (Å²) in [6, 6.07) is 15.6. The summed E-state index contributed by atoms with van der Waals surface area (Å²) in [4.78, 5) is 27.9. The lowest BCUT2D eigenvalue weighted by Gasteiger charge is -2.34. The molecule has 8 nitrogen and oxygen atoms in total. The topological polar surface area (TPSA) is 85.7 Å². The van der Waals surface area contributed by atoms with E-state index in [2.05, 4.69) is 10.4 Å². The van der Waals surface area contributed by atoms with Gasteiger partial charge in [-0.25, -0.2) is 9.48 Å². The number of nitrogens with zero attached hydrogens (tertiary/aromatic N) is 3. The lowest BCUT2D eigenvalue weighted by Crippen LogP contribution is -2.41. The second-order valence-corrected chi connectivity index (χ2v) is 10.7.